The summed E-state index contributed by atoms with van der Waals surface area (Å²) in [7, 11) is 0. The lowest BCUT2D eigenvalue weighted by molar-refractivity contribution is -0.144. The van der Waals surface area contributed by atoms with Crippen molar-refractivity contribution in [3.63, 3.8) is 0 Å². The molecule has 136 valence electrons. The molecule has 7 nitrogen and oxygen atoms in total. The molecule has 1 amide bonds. The molecule has 0 radical (unpaired) electrons. The minimum Gasteiger partial charge on any atom is -0.479 e. The van der Waals surface area contributed by atoms with Crippen LogP contribution in [-0.2, 0) is 19.1 Å². The Morgan fingerprint density at radius 2 is 2.00 bits per heavy atom. The first-order valence-electron chi connectivity index (χ1n) is 8.36. The quantitative estimate of drug-likeness (QED) is 0.405. The monoisotopic (exact) mass is 349 g/mol. The number of anilines is 1. The van der Waals surface area contributed by atoms with Crippen LogP contribution in [0.1, 0.15) is 37.6 Å². The molecule has 1 aromatic rings. The number of nitrogens with zero attached hydrogens (tertiary/aromatic N) is 1. The van der Waals surface area contributed by atoms with E-state index in [1.165, 1.54) is 4.90 Å². The van der Waals surface area contributed by atoms with E-state index in [-0.39, 0.29) is 24.8 Å². The van der Waals surface area contributed by atoms with Crippen LogP contribution >= 0.6 is 0 Å². The van der Waals surface area contributed by atoms with Crippen LogP contribution in [-0.4, -0.2) is 50.1 Å². The predicted octanol–water partition coefficient (Wildman–Crippen LogP) is 1.97. The molecule has 0 saturated heterocycles. The normalized spacial score (nSPS) is 16.2. The third-order valence-electron chi connectivity index (χ3n) is 3.79. The average molecular weight is 349 g/mol. The molecule has 0 aliphatic carbocycles. The molecule has 0 aromatic heterocycles. The zero-order valence-electron chi connectivity index (χ0n) is 14.7. The number of Topliss-reactive ketones (excluding diaryl/α,β-unsaturated/α-hetero) is 1. The van der Waals surface area contributed by atoms with Crippen LogP contribution in [0.2, 0.25) is 0 Å². The lowest BCUT2D eigenvalue weighted by atomic mass is 10.1. The Hall–Kier alpha value is -2.41. The van der Waals surface area contributed by atoms with E-state index in [2.05, 4.69) is 0 Å². The highest BCUT2D eigenvalue weighted by atomic mass is 16.6. The van der Waals surface area contributed by atoms with Gasteiger partial charge in [-0.05, 0) is 32.0 Å². The van der Waals surface area contributed by atoms with Gasteiger partial charge in [-0.2, -0.15) is 0 Å². The Labute approximate surface area is 146 Å². The van der Waals surface area contributed by atoms with Crippen molar-refractivity contribution in [2.75, 3.05) is 31.3 Å². The summed E-state index contributed by atoms with van der Waals surface area (Å²) >= 11 is 0. The number of amides is 1. The first-order valence-corrected chi connectivity index (χ1v) is 8.36. The van der Waals surface area contributed by atoms with Gasteiger partial charge >= 0.3 is 5.97 Å². The number of benzene rings is 1. The molecule has 7 heteroatoms. The number of carbonyl (C=O) groups is 3. The zero-order chi connectivity index (χ0) is 18.4. The summed E-state index contributed by atoms with van der Waals surface area (Å²) in [5, 5.41) is 0. The maximum atomic E-state index is 12.4. The molecule has 0 saturated carbocycles. The van der Waals surface area contributed by atoms with Crippen molar-refractivity contribution in [1.82, 2.24) is 0 Å². The fourth-order valence-electron chi connectivity index (χ4n) is 2.48. The van der Waals surface area contributed by atoms with E-state index in [9.17, 15) is 14.4 Å². The fraction of sp³-hybridized carbons (Fsp3) is 0.500. The van der Waals surface area contributed by atoms with Gasteiger partial charge in [-0.1, -0.05) is 6.92 Å². The maximum Gasteiger partial charge on any atom is 0.326 e. The molecule has 1 unspecified atom stereocenters. The molecular weight excluding hydrogens is 326 g/mol. The molecule has 0 fully saturated rings. The SMILES string of the molecule is CCOCCOC(=O)CN1C(=O)C(C)Oc2ccc(C(=O)CC)cc21. The molecule has 1 atom stereocenters. The number of ketones is 1. The van der Waals surface area contributed by atoms with Crippen molar-refractivity contribution in [2.45, 2.75) is 33.3 Å². The topological polar surface area (TPSA) is 82.1 Å². The van der Waals surface area contributed by atoms with Gasteiger partial charge in [0, 0.05) is 18.6 Å². The van der Waals surface area contributed by atoms with Crippen LogP contribution in [0.25, 0.3) is 0 Å². The van der Waals surface area contributed by atoms with Crippen molar-refractivity contribution in [3.8, 4) is 5.75 Å². The van der Waals surface area contributed by atoms with E-state index in [1.807, 2.05) is 6.92 Å². The van der Waals surface area contributed by atoms with Crippen LogP contribution in [0.15, 0.2) is 18.2 Å². The molecular formula is C18H23NO6. The van der Waals surface area contributed by atoms with Crippen molar-refractivity contribution >= 4 is 23.3 Å². The first kappa shape index (κ1) is 18.9. The summed E-state index contributed by atoms with van der Waals surface area (Å²) in [5.74, 6) is -0.481. The number of ether oxygens (including phenoxy) is 3. The Kier molecular flexibility index (Phi) is 6.52. The second-order valence-electron chi connectivity index (χ2n) is 5.56. The smallest absolute Gasteiger partial charge is 0.326 e. The van der Waals surface area contributed by atoms with Crippen LogP contribution in [0, 0.1) is 0 Å². The van der Waals surface area contributed by atoms with Crippen molar-refractivity contribution < 1.29 is 28.6 Å². The van der Waals surface area contributed by atoms with E-state index in [4.69, 9.17) is 14.2 Å². The van der Waals surface area contributed by atoms with Gasteiger partial charge in [0.15, 0.2) is 11.9 Å². The van der Waals surface area contributed by atoms with E-state index in [1.54, 1.807) is 32.0 Å². The van der Waals surface area contributed by atoms with Gasteiger partial charge in [0.2, 0.25) is 0 Å². The van der Waals surface area contributed by atoms with Crippen molar-refractivity contribution in [3.05, 3.63) is 23.8 Å². The minimum atomic E-state index is -0.712. The zero-order valence-corrected chi connectivity index (χ0v) is 14.7. The maximum absolute atomic E-state index is 12.4. The summed E-state index contributed by atoms with van der Waals surface area (Å²) in [6, 6.07) is 4.89. The average Bonchev–Trinajstić information content (AvgIpc) is 2.61. The Bertz CT molecular complexity index is 657. The van der Waals surface area contributed by atoms with Gasteiger partial charge in [0.05, 0.1) is 12.3 Å². The molecule has 0 bridgehead atoms. The molecule has 0 N–H and O–H groups in total. The Balaban J connectivity index is 2.18. The molecule has 2 rings (SSSR count). The van der Waals surface area contributed by atoms with E-state index >= 15 is 0 Å². The fourth-order valence-corrected chi connectivity index (χ4v) is 2.48. The summed E-state index contributed by atoms with van der Waals surface area (Å²) < 4.78 is 15.7. The predicted molar refractivity (Wildman–Crippen MR) is 91.0 cm³/mol. The highest BCUT2D eigenvalue weighted by Gasteiger charge is 2.33. The molecule has 1 heterocycles. The number of rotatable bonds is 8. The Morgan fingerprint density at radius 3 is 2.68 bits per heavy atom. The van der Waals surface area contributed by atoms with Crippen LogP contribution in [0.4, 0.5) is 5.69 Å². The molecule has 1 aliphatic heterocycles. The van der Waals surface area contributed by atoms with Gasteiger partial charge in [0.1, 0.15) is 18.9 Å². The van der Waals surface area contributed by atoms with Crippen LogP contribution in [0.3, 0.4) is 0 Å². The van der Waals surface area contributed by atoms with Gasteiger partial charge < -0.3 is 14.2 Å². The summed E-state index contributed by atoms with van der Waals surface area (Å²) in [6.07, 6.45) is -0.361. The standard InChI is InChI=1S/C18H23NO6/c1-4-15(20)13-6-7-16-14(10-13)19(18(22)12(3)25-16)11-17(21)24-9-8-23-5-2/h6-7,10,12H,4-5,8-9,11H2,1-3H3. The second-order valence-corrected chi connectivity index (χ2v) is 5.56. The van der Waals surface area contributed by atoms with E-state index < -0.39 is 12.1 Å². The van der Waals surface area contributed by atoms with Gasteiger partial charge in [-0.15, -0.1) is 0 Å². The number of fused-ring (bicyclic) bond motifs is 1. The van der Waals surface area contributed by atoms with Crippen LogP contribution < -0.4 is 9.64 Å². The minimum absolute atomic E-state index is 0.0480. The number of hydrogen-bond acceptors (Lipinski definition) is 6. The number of carbonyl (C=O) groups excluding carboxylic acids is 3. The largest absolute Gasteiger partial charge is 0.479 e. The van der Waals surface area contributed by atoms with Gasteiger partial charge in [-0.25, -0.2) is 0 Å². The van der Waals surface area contributed by atoms with Gasteiger partial charge in [-0.3, -0.25) is 19.3 Å². The lowest BCUT2D eigenvalue weighted by Gasteiger charge is -2.32. The van der Waals surface area contributed by atoms with Gasteiger partial charge in [0.25, 0.3) is 5.91 Å². The third-order valence-corrected chi connectivity index (χ3v) is 3.79. The molecule has 1 aliphatic rings. The third kappa shape index (κ3) is 4.57. The van der Waals surface area contributed by atoms with Crippen LogP contribution in [0.5, 0.6) is 5.75 Å². The number of hydrogen-bond donors (Lipinski definition) is 0. The highest BCUT2D eigenvalue weighted by Crippen LogP contribution is 2.35. The number of esters is 1. The Morgan fingerprint density at radius 1 is 1.24 bits per heavy atom. The lowest BCUT2D eigenvalue weighted by Crippen LogP contribution is -2.47. The molecule has 25 heavy (non-hydrogen) atoms. The summed E-state index contributed by atoms with van der Waals surface area (Å²) in [5.41, 5.74) is 0.881. The molecule has 0 spiro atoms. The second kappa shape index (κ2) is 8.62. The van der Waals surface area contributed by atoms with E-state index in [0.717, 1.165) is 0 Å². The highest BCUT2D eigenvalue weighted by molar-refractivity contribution is 6.05. The summed E-state index contributed by atoms with van der Waals surface area (Å²) in [4.78, 5) is 37.7. The van der Waals surface area contributed by atoms with Crippen molar-refractivity contribution in [1.29, 1.82) is 0 Å². The van der Waals surface area contributed by atoms with Crippen molar-refractivity contribution in [2.24, 2.45) is 0 Å². The van der Waals surface area contributed by atoms with E-state index in [0.29, 0.717) is 36.6 Å². The first-order chi connectivity index (χ1) is 12.0. The summed E-state index contributed by atoms with van der Waals surface area (Å²) in [6.45, 7) is 5.96. The molecule has 1 aromatic carbocycles.